The van der Waals surface area contributed by atoms with Gasteiger partial charge in [-0.3, -0.25) is 4.79 Å². The summed E-state index contributed by atoms with van der Waals surface area (Å²) in [7, 11) is 0. The van der Waals surface area contributed by atoms with Gasteiger partial charge in [0.15, 0.2) is 0 Å². The molecule has 1 aromatic rings. The minimum atomic E-state index is 0.0601. The van der Waals surface area contributed by atoms with E-state index in [1.54, 1.807) is 0 Å². The number of rotatable bonds is 3. The summed E-state index contributed by atoms with van der Waals surface area (Å²) in [5, 5.41) is 5.07. The number of halogens is 1. The first-order chi connectivity index (χ1) is 8.18. The lowest BCUT2D eigenvalue weighted by molar-refractivity contribution is 0.0923. The van der Waals surface area contributed by atoms with E-state index < -0.39 is 0 Å². The van der Waals surface area contributed by atoms with Crippen molar-refractivity contribution >= 4 is 33.2 Å². The summed E-state index contributed by atoms with van der Waals surface area (Å²) in [6.45, 7) is 2.13. The molecule has 1 amide bonds. The molecule has 1 heterocycles. The number of nitrogens with one attached hydrogen (secondary N) is 1. The lowest BCUT2D eigenvalue weighted by Crippen LogP contribution is -2.38. The van der Waals surface area contributed by atoms with E-state index in [-0.39, 0.29) is 11.9 Å². The molecule has 0 spiro atoms. The molecule has 1 aromatic heterocycles. The van der Waals surface area contributed by atoms with Crippen LogP contribution in [0.25, 0.3) is 0 Å². The smallest absolute Gasteiger partial charge is 0.262 e. The molecule has 0 aliphatic heterocycles. The summed E-state index contributed by atoms with van der Waals surface area (Å²) < 4.78 is 0.899. The summed E-state index contributed by atoms with van der Waals surface area (Å²) >= 11 is 4.89. The second-order valence-corrected chi connectivity index (χ2v) is 6.53. The molecule has 1 saturated carbocycles. The molecule has 2 nitrogen and oxygen atoms in total. The Morgan fingerprint density at radius 3 is 2.76 bits per heavy atom. The van der Waals surface area contributed by atoms with Crippen LogP contribution in [0, 0.1) is 5.92 Å². The number of hydrogen-bond acceptors (Lipinski definition) is 2. The predicted molar refractivity (Wildman–Crippen MR) is 75.5 cm³/mol. The third kappa shape index (κ3) is 3.32. The first kappa shape index (κ1) is 13.1. The molecule has 4 heteroatoms. The van der Waals surface area contributed by atoms with E-state index >= 15 is 0 Å². The molecule has 0 radical (unpaired) electrons. The van der Waals surface area contributed by atoms with Crippen molar-refractivity contribution in [2.45, 2.75) is 45.1 Å². The van der Waals surface area contributed by atoms with E-state index in [1.807, 2.05) is 11.4 Å². The zero-order valence-corrected chi connectivity index (χ0v) is 12.4. The molecule has 0 bridgehead atoms. The minimum Gasteiger partial charge on any atom is -0.349 e. The van der Waals surface area contributed by atoms with Gasteiger partial charge in [0.25, 0.3) is 5.91 Å². The molecule has 17 heavy (non-hydrogen) atoms. The standard InChI is InChI=1S/C13H18BrNOS/c1-9(10-5-3-2-4-6-10)15-13(16)12-11(14)7-8-17-12/h7-10H,2-6H2,1H3,(H,15,16). The summed E-state index contributed by atoms with van der Waals surface area (Å²) in [4.78, 5) is 12.8. The van der Waals surface area contributed by atoms with Crippen LogP contribution in [0.1, 0.15) is 48.7 Å². The maximum atomic E-state index is 12.0. The summed E-state index contributed by atoms with van der Waals surface area (Å²) in [6, 6.07) is 2.21. The summed E-state index contributed by atoms with van der Waals surface area (Å²) in [5.74, 6) is 0.719. The Labute approximate surface area is 115 Å². The van der Waals surface area contributed by atoms with Crippen LogP contribution in [0.2, 0.25) is 0 Å². The second-order valence-electron chi connectivity index (χ2n) is 4.76. The molecule has 1 atom stereocenters. The van der Waals surface area contributed by atoms with Gasteiger partial charge in [0.2, 0.25) is 0 Å². The van der Waals surface area contributed by atoms with E-state index in [0.717, 1.165) is 9.35 Å². The highest BCUT2D eigenvalue weighted by atomic mass is 79.9. The molecule has 94 valence electrons. The van der Waals surface area contributed by atoms with Crippen LogP contribution in [0.4, 0.5) is 0 Å². The SMILES string of the molecule is CC(NC(=O)c1sccc1Br)C1CCCCC1. The number of carbonyl (C=O) groups is 1. The van der Waals surface area contributed by atoms with Gasteiger partial charge in [-0.05, 0) is 53.1 Å². The molecule has 1 unspecified atom stereocenters. The topological polar surface area (TPSA) is 29.1 Å². The zero-order chi connectivity index (χ0) is 12.3. The monoisotopic (exact) mass is 315 g/mol. The van der Waals surface area contributed by atoms with Crippen LogP contribution in [0.15, 0.2) is 15.9 Å². The maximum absolute atomic E-state index is 12.0. The molecule has 2 rings (SSSR count). The minimum absolute atomic E-state index is 0.0601. The lowest BCUT2D eigenvalue weighted by atomic mass is 9.84. The van der Waals surface area contributed by atoms with Crippen molar-refractivity contribution in [1.82, 2.24) is 5.32 Å². The summed E-state index contributed by atoms with van der Waals surface area (Å²) in [5.41, 5.74) is 0. The average Bonchev–Trinajstić information content (AvgIpc) is 2.76. The largest absolute Gasteiger partial charge is 0.349 e. The predicted octanol–water partition coefficient (Wildman–Crippen LogP) is 4.21. The second kappa shape index (κ2) is 6.01. The van der Waals surface area contributed by atoms with Crippen molar-refractivity contribution in [3.8, 4) is 0 Å². The van der Waals surface area contributed by atoms with Crippen molar-refractivity contribution in [3.05, 3.63) is 20.8 Å². The first-order valence-electron chi connectivity index (χ1n) is 6.22. The highest BCUT2D eigenvalue weighted by Crippen LogP contribution is 2.27. The molecule has 0 saturated heterocycles. The Hall–Kier alpha value is -0.350. The number of hydrogen-bond donors (Lipinski definition) is 1. The lowest BCUT2D eigenvalue weighted by Gasteiger charge is -2.28. The van der Waals surface area contributed by atoms with Crippen LogP contribution in [-0.4, -0.2) is 11.9 Å². The van der Waals surface area contributed by atoms with Gasteiger partial charge in [0.1, 0.15) is 4.88 Å². The van der Waals surface area contributed by atoms with Gasteiger partial charge < -0.3 is 5.32 Å². The average molecular weight is 316 g/mol. The molecule has 1 fully saturated rings. The normalized spacial score (nSPS) is 18.9. The van der Waals surface area contributed by atoms with Crippen molar-refractivity contribution in [2.24, 2.45) is 5.92 Å². The van der Waals surface area contributed by atoms with Crippen molar-refractivity contribution in [2.75, 3.05) is 0 Å². The van der Waals surface area contributed by atoms with Gasteiger partial charge in [-0.15, -0.1) is 11.3 Å². The van der Waals surface area contributed by atoms with Gasteiger partial charge in [-0.1, -0.05) is 19.3 Å². The van der Waals surface area contributed by atoms with Crippen LogP contribution < -0.4 is 5.32 Å². The number of thiophene rings is 1. The third-order valence-corrected chi connectivity index (χ3v) is 5.38. The highest BCUT2D eigenvalue weighted by molar-refractivity contribution is 9.10. The quantitative estimate of drug-likeness (QED) is 0.889. The van der Waals surface area contributed by atoms with Gasteiger partial charge in [0, 0.05) is 10.5 Å². The van der Waals surface area contributed by atoms with Crippen molar-refractivity contribution in [1.29, 1.82) is 0 Å². The van der Waals surface area contributed by atoms with E-state index in [0.29, 0.717) is 5.92 Å². The molecular formula is C13H18BrNOS. The molecule has 0 aromatic carbocycles. The van der Waals surface area contributed by atoms with Crippen LogP contribution in [-0.2, 0) is 0 Å². The van der Waals surface area contributed by atoms with Gasteiger partial charge >= 0.3 is 0 Å². The Balaban J connectivity index is 1.92. The Morgan fingerprint density at radius 1 is 1.47 bits per heavy atom. The van der Waals surface area contributed by atoms with Crippen LogP contribution in [0.3, 0.4) is 0 Å². The van der Waals surface area contributed by atoms with Gasteiger partial charge in [-0.25, -0.2) is 0 Å². The summed E-state index contributed by atoms with van der Waals surface area (Å²) in [6.07, 6.45) is 6.49. The number of carbonyl (C=O) groups excluding carboxylic acids is 1. The van der Waals surface area contributed by atoms with Crippen LogP contribution in [0.5, 0.6) is 0 Å². The fraction of sp³-hybridized carbons (Fsp3) is 0.615. The van der Waals surface area contributed by atoms with Crippen LogP contribution >= 0.6 is 27.3 Å². The van der Waals surface area contributed by atoms with Gasteiger partial charge in [0.05, 0.1) is 0 Å². The van der Waals surface area contributed by atoms with E-state index in [4.69, 9.17) is 0 Å². The van der Waals surface area contributed by atoms with Crippen molar-refractivity contribution < 1.29 is 4.79 Å². The van der Waals surface area contributed by atoms with E-state index in [2.05, 4.69) is 28.2 Å². The molecular weight excluding hydrogens is 298 g/mol. The molecule has 1 N–H and O–H groups in total. The Morgan fingerprint density at radius 2 is 2.18 bits per heavy atom. The maximum Gasteiger partial charge on any atom is 0.262 e. The first-order valence-corrected chi connectivity index (χ1v) is 7.89. The highest BCUT2D eigenvalue weighted by Gasteiger charge is 2.22. The fourth-order valence-corrected chi connectivity index (χ4v) is 3.93. The molecule has 1 aliphatic rings. The molecule has 1 aliphatic carbocycles. The Kier molecular flexibility index (Phi) is 4.62. The zero-order valence-electron chi connectivity index (χ0n) is 10.0. The fourth-order valence-electron chi connectivity index (χ4n) is 2.48. The van der Waals surface area contributed by atoms with E-state index in [1.165, 1.54) is 43.4 Å². The number of amides is 1. The van der Waals surface area contributed by atoms with E-state index in [9.17, 15) is 4.79 Å². The third-order valence-electron chi connectivity index (χ3n) is 3.54. The van der Waals surface area contributed by atoms with Crippen molar-refractivity contribution in [3.63, 3.8) is 0 Å². The Bertz CT molecular complexity index is 385. The van der Waals surface area contributed by atoms with Gasteiger partial charge in [-0.2, -0.15) is 0 Å².